The Kier molecular flexibility index (Phi) is 4.10. The van der Waals surface area contributed by atoms with E-state index in [1.807, 2.05) is 0 Å². The molecule has 3 N–H and O–H groups in total. The zero-order chi connectivity index (χ0) is 17.3. The molecule has 4 rings (SSSR count). The Balaban J connectivity index is 1.70. The van der Waals surface area contributed by atoms with Gasteiger partial charge in [-0.15, -0.1) is 0 Å². The van der Waals surface area contributed by atoms with Gasteiger partial charge in [0.05, 0.1) is 18.3 Å². The Morgan fingerprint density at radius 1 is 0.792 bits per heavy atom. The molecule has 0 spiro atoms. The van der Waals surface area contributed by atoms with E-state index in [1.165, 1.54) is 32.1 Å². The molecule has 10 atom stereocenters. The third-order valence-electron chi connectivity index (χ3n) is 9.41. The first-order valence-corrected chi connectivity index (χ1v) is 10.4. The van der Waals surface area contributed by atoms with Crippen LogP contribution in [0.15, 0.2) is 0 Å². The molecule has 3 heteroatoms. The van der Waals surface area contributed by atoms with Crippen LogP contribution in [0, 0.1) is 40.4 Å². The standard InChI is InChI=1S/C21H36O3/c1-4-12-5-6-14-17-15(8-10-20(12,14)2)21(3)9-7-13(22)11-16(21)18(23)19(17)24/h12-19,22-24H,4-11H2,1-3H3/t12-,13-,14?,15?,16?,17?,18+,19+,20+,21+/m0/s1. The maximum atomic E-state index is 11.1. The van der Waals surface area contributed by atoms with Gasteiger partial charge in [0.1, 0.15) is 0 Å². The van der Waals surface area contributed by atoms with Crippen molar-refractivity contribution in [3.63, 3.8) is 0 Å². The van der Waals surface area contributed by atoms with Gasteiger partial charge in [0, 0.05) is 0 Å². The predicted molar refractivity (Wildman–Crippen MR) is 94.3 cm³/mol. The average molecular weight is 337 g/mol. The van der Waals surface area contributed by atoms with Crippen LogP contribution in [0.1, 0.15) is 72.1 Å². The Hall–Kier alpha value is -0.120. The van der Waals surface area contributed by atoms with Crippen LogP contribution in [0.2, 0.25) is 0 Å². The first kappa shape index (κ1) is 17.3. The van der Waals surface area contributed by atoms with Gasteiger partial charge < -0.3 is 15.3 Å². The Morgan fingerprint density at radius 3 is 2.17 bits per heavy atom. The number of rotatable bonds is 1. The Morgan fingerprint density at radius 2 is 1.46 bits per heavy atom. The largest absolute Gasteiger partial charge is 0.393 e. The highest BCUT2D eigenvalue weighted by Crippen LogP contribution is 2.67. The van der Waals surface area contributed by atoms with Gasteiger partial charge in [-0.2, -0.15) is 0 Å². The van der Waals surface area contributed by atoms with Crippen molar-refractivity contribution in [1.29, 1.82) is 0 Å². The van der Waals surface area contributed by atoms with Crippen molar-refractivity contribution in [2.24, 2.45) is 40.4 Å². The van der Waals surface area contributed by atoms with E-state index in [0.29, 0.717) is 23.7 Å². The van der Waals surface area contributed by atoms with Gasteiger partial charge in [-0.25, -0.2) is 0 Å². The van der Waals surface area contributed by atoms with Crippen molar-refractivity contribution in [3.05, 3.63) is 0 Å². The van der Waals surface area contributed by atoms with Gasteiger partial charge in [-0.3, -0.25) is 0 Å². The first-order chi connectivity index (χ1) is 11.3. The van der Waals surface area contributed by atoms with E-state index >= 15 is 0 Å². The van der Waals surface area contributed by atoms with E-state index < -0.39 is 12.2 Å². The van der Waals surface area contributed by atoms with Gasteiger partial charge in [0.2, 0.25) is 0 Å². The fourth-order valence-electron chi connectivity index (χ4n) is 8.02. The number of aliphatic hydroxyl groups is 3. The zero-order valence-corrected chi connectivity index (χ0v) is 15.6. The molecule has 0 saturated heterocycles. The number of hydrogen-bond donors (Lipinski definition) is 3. The Bertz CT molecular complexity index is 493. The normalized spacial score (nSPS) is 60.2. The summed E-state index contributed by atoms with van der Waals surface area (Å²) in [7, 11) is 0. The summed E-state index contributed by atoms with van der Waals surface area (Å²) in [6.07, 6.45) is 7.21. The van der Waals surface area contributed by atoms with Crippen LogP contribution in [-0.4, -0.2) is 33.6 Å². The molecular weight excluding hydrogens is 300 g/mol. The van der Waals surface area contributed by atoms with Crippen molar-refractivity contribution in [3.8, 4) is 0 Å². The van der Waals surface area contributed by atoms with Crippen molar-refractivity contribution < 1.29 is 15.3 Å². The van der Waals surface area contributed by atoms with E-state index in [-0.39, 0.29) is 23.4 Å². The molecule has 3 nitrogen and oxygen atoms in total. The maximum Gasteiger partial charge on any atom is 0.0836 e. The molecule has 4 aliphatic rings. The zero-order valence-electron chi connectivity index (χ0n) is 15.6. The van der Waals surface area contributed by atoms with E-state index in [1.54, 1.807) is 0 Å². The Labute approximate surface area is 146 Å². The molecule has 138 valence electrons. The first-order valence-electron chi connectivity index (χ1n) is 10.4. The molecule has 0 aliphatic heterocycles. The van der Waals surface area contributed by atoms with Crippen LogP contribution in [0.3, 0.4) is 0 Å². The molecule has 0 bridgehead atoms. The van der Waals surface area contributed by atoms with Crippen molar-refractivity contribution in [1.82, 2.24) is 0 Å². The molecule has 4 unspecified atom stereocenters. The summed E-state index contributed by atoms with van der Waals surface area (Å²) in [4.78, 5) is 0. The molecule has 0 radical (unpaired) electrons. The molecule has 0 aromatic rings. The van der Waals surface area contributed by atoms with E-state index in [4.69, 9.17) is 0 Å². The van der Waals surface area contributed by atoms with Crippen LogP contribution in [-0.2, 0) is 0 Å². The number of aliphatic hydroxyl groups excluding tert-OH is 3. The molecular formula is C21H36O3. The highest BCUT2D eigenvalue weighted by molar-refractivity contribution is 5.13. The van der Waals surface area contributed by atoms with Crippen molar-refractivity contribution in [2.75, 3.05) is 0 Å². The quantitative estimate of drug-likeness (QED) is 0.688. The lowest BCUT2D eigenvalue weighted by Gasteiger charge is -2.63. The fourth-order valence-corrected chi connectivity index (χ4v) is 8.02. The third-order valence-corrected chi connectivity index (χ3v) is 9.41. The summed E-state index contributed by atoms with van der Waals surface area (Å²) in [5.74, 6) is 2.18. The lowest BCUT2D eigenvalue weighted by molar-refractivity contribution is -0.222. The van der Waals surface area contributed by atoms with Gasteiger partial charge in [0.25, 0.3) is 0 Å². The predicted octanol–water partition coefficient (Wildman–Crippen LogP) is 3.36. The van der Waals surface area contributed by atoms with Crippen molar-refractivity contribution in [2.45, 2.75) is 90.4 Å². The summed E-state index contributed by atoms with van der Waals surface area (Å²) in [6, 6.07) is 0. The second-order valence-corrected chi connectivity index (χ2v) is 10.0. The lowest BCUT2D eigenvalue weighted by Crippen LogP contribution is -2.64. The SMILES string of the molecule is CC[C@H]1CCC2C3C(CC[C@@]21C)[C@@]1(C)CC[C@H](O)CC1[C@@H](O)[C@@H]3O. The van der Waals surface area contributed by atoms with E-state index in [9.17, 15) is 15.3 Å². The molecule has 4 saturated carbocycles. The highest BCUT2D eigenvalue weighted by atomic mass is 16.3. The second-order valence-electron chi connectivity index (χ2n) is 10.0. The average Bonchev–Trinajstić information content (AvgIpc) is 2.90. The van der Waals surface area contributed by atoms with Crippen LogP contribution in [0.25, 0.3) is 0 Å². The molecule has 0 heterocycles. The smallest absolute Gasteiger partial charge is 0.0836 e. The maximum absolute atomic E-state index is 11.1. The summed E-state index contributed by atoms with van der Waals surface area (Å²) in [6.45, 7) is 7.13. The number of fused-ring (bicyclic) bond motifs is 5. The lowest BCUT2D eigenvalue weighted by atomic mass is 9.43. The molecule has 4 aliphatic carbocycles. The second kappa shape index (κ2) is 5.69. The summed E-state index contributed by atoms with van der Waals surface area (Å²) in [5.41, 5.74) is 0.447. The molecule has 24 heavy (non-hydrogen) atoms. The van der Waals surface area contributed by atoms with Gasteiger partial charge in [0.15, 0.2) is 0 Å². The highest BCUT2D eigenvalue weighted by Gasteiger charge is 2.64. The van der Waals surface area contributed by atoms with Crippen LogP contribution in [0.5, 0.6) is 0 Å². The monoisotopic (exact) mass is 336 g/mol. The minimum absolute atomic E-state index is 0.0604. The molecule has 0 aromatic heterocycles. The van der Waals surface area contributed by atoms with Crippen LogP contribution in [0.4, 0.5) is 0 Å². The molecule has 0 amide bonds. The van der Waals surface area contributed by atoms with Gasteiger partial charge >= 0.3 is 0 Å². The topological polar surface area (TPSA) is 60.7 Å². The van der Waals surface area contributed by atoms with Gasteiger partial charge in [-0.1, -0.05) is 27.2 Å². The van der Waals surface area contributed by atoms with E-state index in [2.05, 4.69) is 20.8 Å². The minimum Gasteiger partial charge on any atom is -0.393 e. The van der Waals surface area contributed by atoms with Crippen molar-refractivity contribution >= 4 is 0 Å². The summed E-state index contributed by atoms with van der Waals surface area (Å²) < 4.78 is 0. The minimum atomic E-state index is -0.658. The van der Waals surface area contributed by atoms with Gasteiger partial charge in [-0.05, 0) is 85.4 Å². The summed E-state index contributed by atoms with van der Waals surface area (Å²) >= 11 is 0. The van der Waals surface area contributed by atoms with E-state index in [0.717, 1.165) is 18.8 Å². The molecule has 4 fully saturated rings. The number of hydrogen-bond acceptors (Lipinski definition) is 3. The molecule has 0 aromatic carbocycles. The van der Waals surface area contributed by atoms with Crippen LogP contribution < -0.4 is 0 Å². The van der Waals surface area contributed by atoms with Crippen LogP contribution >= 0.6 is 0 Å². The summed E-state index contributed by atoms with van der Waals surface area (Å²) in [5, 5.41) is 32.2. The fraction of sp³-hybridized carbons (Fsp3) is 1.00. The third kappa shape index (κ3) is 2.13.